The van der Waals surface area contributed by atoms with Gasteiger partial charge in [-0.2, -0.15) is 5.10 Å². The summed E-state index contributed by atoms with van der Waals surface area (Å²) in [4.78, 5) is 0. The van der Waals surface area contributed by atoms with Crippen LogP contribution < -0.4 is 5.73 Å². The summed E-state index contributed by atoms with van der Waals surface area (Å²) >= 11 is 3.34. The second-order valence-corrected chi connectivity index (χ2v) is 3.82. The number of furan rings is 1. The van der Waals surface area contributed by atoms with E-state index >= 15 is 0 Å². The molecule has 0 bridgehead atoms. The van der Waals surface area contributed by atoms with Crippen LogP contribution >= 0.6 is 15.9 Å². The van der Waals surface area contributed by atoms with Crippen molar-refractivity contribution in [2.45, 2.75) is 6.04 Å². The van der Waals surface area contributed by atoms with Crippen LogP contribution in [0.2, 0.25) is 0 Å². The first-order valence-corrected chi connectivity index (χ1v) is 5.03. The van der Waals surface area contributed by atoms with Crippen molar-refractivity contribution in [3.05, 3.63) is 41.0 Å². The molecule has 2 N–H and O–H groups in total. The van der Waals surface area contributed by atoms with Crippen molar-refractivity contribution in [3.8, 4) is 0 Å². The standard InChI is InChI=1S/C9H10BrN3O/c10-7-5-12-13(6-7)8(4-11)9-2-1-3-14-9/h1-3,5-6,8H,4,11H2. The van der Waals surface area contributed by atoms with E-state index in [1.54, 1.807) is 17.1 Å². The van der Waals surface area contributed by atoms with Gasteiger partial charge in [-0.3, -0.25) is 4.68 Å². The first kappa shape index (κ1) is 9.48. The highest BCUT2D eigenvalue weighted by molar-refractivity contribution is 9.10. The van der Waals surface area contributed by atoms with E-state index in [4.69, 9.17) is 10.2 Å². The molecule has 0 saturated carbocycles. The van der Waals surface area contributed by atoms with Crippen molar-refractivity contribution in [1.29, 1.82) is 0 Å². The Morgan fingerprint density at radius 2 is 2.50 bits per heavy atom. The molecule has 14 heavy (non-hydrogen) atoms. The number of hydrogen-bond donors (Lipinski definition) is 1. The molecule has 0 saturated heterocycles. The number of aromatic nitrogens is 2. The van der Waals surface area contributed by atoms with Gasteiger partial charge >= 0.3 is 0 Å². The molecule has 74 valence electrons. The SMILES string of the molecule is NCC(c1ccco1)n1cc(Br)cn1. The highest BCUT2D eigenvalue weighted by Crippen LogP contribution is 2.18. The number of nitrogens with zero attached hydrogens (tertiary/aromatic N) is 2. The lowest BCUT2D eigenvalue weighted by Crippen LogP contribution is -2.20. The molecule has 1 unspecified atom stereocenters. The Bertz CT molecular complexity index is 396. The predicted molar refractivity (Wildman–Crippen MR) is 55.8 cm³/mol. The topological polar surface area (TPSA) is 57.0 Å². The number of rotatable bonds is 3. The van der Waals surface area contributed by atoms with E-state index < -0.39 is 0 Å². The van der Waals surface area contributed by atoms with Gasteiger partial charge in [0.25, 0.3) is 0 Å². The van der Waals surface area contributed by atoms with Crippen LogP contribution in [0.25, 0.3) is 0 Å². The van der Waals surface area contributed by atoms with Gasteiger partial charge in [0.1, 0.15) is 11.8 Å². The molecule has 2 rings (SSSR count). The second-order valence-electron chi connectivity index (χ2n) is 2.91. The van der Waals surface area contributed by atoms with Gasteiger partial charge in [-0.15, -0.1) is 0 Å². The molecule has 0 aliphatic rings. The van der Waals surface area contributed by atoms with Crippen LogP contribution in [-0.2, 0) is 0 Å². The number of halogens is 1. The van der Waals surface area contributed by atoms with Gasteiger partial charge in [-0.25, -0.2) is 0 Å². The fourth-order valence-corrected chi connectivity index (χ4v) is 1.62. The van der Waals surface area contributed by atoms with Gasteiger partial charge in [0.05, 0.1) is 16.9 Å². The molecular weight excluding hydrogens is 246 g/mol. The largest absolute Gasteiger partial charge is 0.467 e. The summed E-state index contributed by atoms with van der Waals surface area (Å²) in [6.45, 7) is 0.460. The van der Waals surface area contributed by atoms with E-state index in [1.807, 2.05) is 18.3 Å². The summed E-state index contributed by atoms with van der Waals surface area (Å²) in [5, 5.41) is 4.17. The smallest absolute Gasteiger partial charge is 0.129 e. The normalized spacial score (nSPS) is 13.0. The first-order valence-electron chi connectivity index (χ1n) is 4.24. The minimum absolute atomic E-state index is 0.0312. The van der Waals surface area contributed by atoms with E-state index in [-0.39, 0.29) is 6.04 Å². The lowest BCUT2D eigenvalue weighted by atomic mass is 10.2. The van der Waals surface area contributed by atoms with Crippen LogP contribution in [0, 0.1) is 0 Å². The molecule has 0 aliphatic heterocycles. The van der Waals surface area contributed by atoms with Gasteiger partial charge in [0, 0.05) is 12.7 Å². The third kappa shape index (κ3) is 1.73. The van der Waals surface area contributed by atoms with E-state index in [0.29, 0.717) is 6.54 Å². The molecule has 2 heterocycles. The maximum atomic E-state index is 5.67. The van der Waals surface area contributed by atoms with Crippen molar-refractivity contribution in [1.82, 2.24) is 9.78 Å². The van der Waals surface area contributed by atoms with Crippen LogP contribution in [0.4, 0.5) is 0 Å². The third-order valence-electron chi connectivity index (χ3n) is 1.98. The van der Waals surface area contributed by atoms with Crippen LogP contribution in [0.15, 0.2) is 39.7 Å². The van der Waals surface area contributed by atoms with Gasteiger partial charge in [-0.05, 0) is 28.1 Å². The van der Waals surface area contributed by atoms with E-state index in [2.05, 4.69) is 21.0 Å². The molecular formula is C9H10BrN3O. The van der Waals surface area contributed by atoms with Crippen LogP contribution in [0.3, 0.4) is 0 Å². The number of nitrogens with two attached hydrogens (primary N) is 1. The summed E-state index contributed by atoms with van der Waals surface area (Å²) in [7, 11) is 0. The zero-order valence-electron chi connectivity index (χ0n) is 7.43. The third-order valence-corrected chi connectivity index (χ3v) is 2.39. The fourth-order valence-electron chi connectivity index (χ4n) is 1.32. The second kappa shape index (κ2) is 3.98. The quantitative estimate of drug-likeness (QED) is 0.910. The molecule has 2 aromatic heterocycles. The molecule has 0 aromatic carbocycles. The molecule has 0 fully saturated rings. The Hall–Kier alpha value is -1.07. The fraction of sp³-hybridized carbons (Fsp3) is 0.222. The minimum Gasteiger partial charge on any atom is -0.467 e. The van der Waals surface area contributed by atoms with Crippen molar-refractivity contribution in [3.63, 3.8) is 0 Å². The molecule has 2 aromatic rings. The van der Waals surface area contributed by atoms with Crippen LogP contribution in [0.5, 0.6) is 0 Å². The Labute approximate surface area is 89.8 Å². The van der Waals surface area contributed by atoms with E-state index in [0.717, 1.165) is 10.2 Å². The summed E-state index contributed by atoms with van der Waals surface area (Å²) in [6, 6.07) is 3.71. The van der Waals surface area contributed by atoms with Gasteiger partial charge in [0.2, 0.25) is 0 Å². The Morgan fingerprint density at radius 3 is 3.00 bits per heavy atom. The Balaban J connectivity index is 2.31. The van der Waals surface area contributed by atoms with Crippen molar-refractivity contribution >= 4 is 15.9 Å². The lowest BCUT2D eigenvalue weighted by Gasteiger charge is -2.11. The number of hydrogen-bond acceptors (Lipinski definition) is 3. The highest BCUT2D eigenvalue weighted by Gasteiger charge is 2.15. The summed E-state index contributed by atoms with van der Waals surface area (Å²) < 4.78 is 8.01. The summed E-state index contributed by atoms with van der Waals surface area (Å²) in [5.74, 6) is 0.822. The van der Waals surface area contributed by atoms with Crippen molar-refractivity contribution in [2.24, 2.45) is 5.73 Å². The van der Waals surface area contributed by atoms with Gasteiger partial charge in [0.15, 0.2) is 0 Å². The van der Waals surface area contributed by atoms with Gasteiger partial charge in [-0.1, -0.05) is 0 Å². The van der Waals surface area contributed by atoms with Gasteiger partial charge < -0.3 is 10.2 Å². The molecule has 0 spiro atoms. The van der Waals surface area contributed by atoms with Crippen LogP contribution in [0.1, 0.15) is 11.8 Å². The molecule has 1 atom stereocenters. The van der Waals surface area contributed by atoms with E-state index in [9.17, 15) is 0 Å². The zero-order chi connectivity index (χ0) is 9.97. The summed E-state index contributed by atoms with van der Waals surface area (Å²) in [5.41, 5.74) is 5.67. The Kier molecular flexibility index (Phi) is 2.69. The first-order chi connectivity index (χ1) is 6.81. The zero-order valence-corrected chi connectivity index (χ0v) is 9.02. The van der Waals surface area contributed by atoms with E-state index in [1.165, 1.54) is 0 Å². The molecule has 5 heteroatoms. The molecule has 0 aliphatic carbocycles. The van der Waals surface area contributed by atoms with Crippen LogP contribution in [-0.4, -0.2) is 16.3 Å². The average molecular weight is 256 g/mol. The highest BCUT2D eigenvalue weighted by atomic mass is 79.9. The molecule has 0 radical (unpaired) electrons. The molecule has 4 nitrogen and oxygen atoms in total. The monoisotopic (exact) mass is 255 g/mol. The minimum atomic E-state index is -0.0312. The molecule has 0 amide bonds. The Morgan fingerprint density at radius 1 is 1.64 bits per heavy atom. The average Bonchev–Trinajstić information content (AvgIpc) is 2.79. The van der Waals surface area contributed by atoms with Crippen molar-refractivity contribution < 1.29 is 4.42 Å². The van der Waals surface area contributed by atoms with Crippen molar-refractivity contribution in [2.75, 3.05) is 6.54 Å². The summed E-state index contributed by atoms with van der Waals surface area (Å²) in [6.07, 6.45) is 5.24. The predicted octanol–water partition coefficient (Wildman–Crippen LogP) is 1.79. The maximum Gasteiger partial charge on any atom is 0.129 e. The maximum absolute atomic E-state index is 5.67. The lowest BCUT2D eigenvalue weighted by molar-refractivity contribution is 0.410.